The highest BCUT2D eigenvalue weighted by Gasteiger charge is 1.89. The molecule has 0 unspecified atom stereocenters. The van der Waals surface area contributed by atoms with Crippen LogP contribution < -0.4 is 5.32 Å². The largest absolute Gasteiger partial charge is 0.391 e. The molecule has 0 heterocycles. The lowest BCUT2D eigenvalue weighted by atomic mass is 10.1. The van der Waals surface area contributed by atoms with E-state index in [1.54, 1.807) is 0 Å². The van der Waals surface area contributed by atoms with Crippen LogP contribution in [0, 0.1) is 0 Å². The van der Waals surface area contributed by atoms with Crippen LogP contribution in [0.25, 0.3) is 0 Å². The lowest BCUT2D eigenvalue weighted by Crippen LogP contribution is -2.03. The van der Waals surface area contributed by atoms with E-state index in [4.69, 9.17) is 0 Å². The number of rotatable bonds is 5. The van der Waals surface area contributed by atoms with E-state index >= 15 is 0 Å². The Labute approximate surface area is 64.5 Å². The van der Waals surface area contributed by atoms with E-state index < -0.39 is 0 Å². The van der Waals surface area contributed by atoms with Crippen LogP contribution in [-0.2, 0) is 0 Å². The van der Waals surface area contributed by atoms with Crippen molar-refractivity contribution in [1.29, 1.82) is 0 Å². The van der Waals surface area contributed by atoms with Crippen LogP contribution in [-0.4, -0.2) is 6.54 Å². The monoisotopic (exact) mass is 141 g/mol. The molecule has 0 saturated heterocycles. The molecule has 0 aliphatic rings. The summed E-state index contributed by atoms with van der Waals surface area (Å²) in [4.78, 5) is 0. The van der Waals surface area contributed by atoms with Crippen molar-refractivity contribution in [2.45, 2.75) is 40.0 Å². The van der Waals surface area contributed by atoms with Crippen molar-refractivity contribution in [2.24, 2.45) is 0 Å². The number of hydrogen-bond donors (Lipinski definition) is 1. The average Bonchev–Trinajstić information content (AvgIpc) is 1.98. The second-order valence-electron chi connectivity index (χ2n) is 2.46. The molecule has 0 amide bonds. The Morgan fingerprint density at radius 3 is 2.40 bits per heavy atom. The van der Waals surface area contributed by atoms with Crippen LogP contribution in [0.1, 0.15) is 40.0 Å². The summed E-state index contributed by atoms with van der Waals surface area (Å²) in [7, 11) is 0. The van der Waals surface area contributed by atoms with Gasteiger partial charge in [-0.15, -0.1) is 0 Å². The number of hydrogen-bond acceptors (Lipinski definition) is 1. The molecule has 0 aliphatic carbocycles. The van der Waals surface area contributed by atoms with Gasteiger partial charge in [-0.3, -0.25) is 0 Å². The molecule has 0 spiro atoms. The smallest absolute Gasteiger partial charge is 0.0113 e. The van der Waals surface area contributed by atoms with E-state index in [2.05, 4.69) is 32.3 Å². The molecule has 0 fully saturated rings. The van der Waals surface area contributed by atoms with Crippen LogP contribution >= 0.6 is 0 Å². The van der Waals surface area contributed by atoms with Crippen molar-refractivity contribution < 1.29 is 0 Å². The fourth-order valence-corrected chi connectivity index (χ4v) is 0.919. The summed E-state index contributed by atoms with van der Waals surface area (Å²) in [6.45, 7) is 7.58. The fourth-order valence-electron chi connectivity index (χ4n) is 0.919. The van der Waals surface area contributed by atoms with E-state index in [1.165, 1.54) is 24.8 Å². The predicted octanol–water partition coefficient (Wildman–Crippen LogP) is 2.69. The second-order valence-corrected chi connectivity index (χ2v) is 2.46. The van der Waals surface area contributed by atoms with Crippen molar-refractivity contribution in [2.75, 3.05) is 6.54 Å². The maximum absolute atomic E-state index is 3.22. The molecule has 1 N–H and O–H groups in total. The average molecular weight is 141 g/mol. The third kappa shape index (κ3) is 4.42. The lowest BCUT2D eigenvalue weighted by Gasteiger charge is -2.02. The Balaban J connectivity index is 3.55. The molecule has 0 aromatic rings. The van der Waals surface area contributed by atoms with E-state index in [0.29, 0.717) is 0 Å². The van der Waals surface area contributed by atoms with Gasteiger partial charge in [-0.1, -0.05) is 25.8 Å². The minimum absolute atomic E-state index is 1.03. The zero-order chi connectivity index (χ0) is 7.82. The van der Waals surface area contributed by atoms with E-state index in [9.17, 15) is 0 Å². The van der Waals surface area contributed by atoms with Gasteiger partial charge in [-0.25, -0.2) is 0 Å². The molecule has 0 bridgehead atoms. The first kappa shape index (κ1) is 9.54. The van der Waals surface area contributed by atoms with Crippen molar-refractivity contribution in [3.05, 3.63) is 11.8 Å². The Morgan fingerprint density at radius 1 is 1.30 bits per heavy atom. The van der Waals surface area contributed by atoms with Gasteiger partial charge in [0.25, 0.3) is 0 Å². The quantitative estimate of drug-likeness (QED) is 0.620. The molecule has 1 heteroatoms. The minimum Gasteiger partial charge on any atom is -0.391 e. The van der Waals surface area contributed by atoms with Gasteiger partial charge in [-0.2, -0.15) is 0 Å². The summed E-state index contributed by atoms with van der Waals surface area (Å²) in [6, 6.07) is 0. The Hall–Kier alpha value is -0.460. The topological polar surface area (TPSA) is 12.0 Å². The molecule has 10 heavy (non-hydrogen) atoms. The number of nitrogens with one attached hydrogen (secondary N) is 1. The summed E-state index contributed by atoms with van der Waals surface area (Å²) in [5.41, 5.74) is 1.53. The van der Waals surface area contributed by atoms with Crippen LogP contribution in [0.5, 0.6) is 0 Å². The zero-order valence-electron chi connectivity index (χ0n) is 7.41. The van der Waals surface area contributed by atoms with Gasteiger partial charge in [0, 0.05) is 6.54 Å². The molecule has 0 saturated carbocycles. The van der Waals surface area contributed by atoms with Crippen molar-refractivity contribution >= 4 is 0 Å². The molecular formula is C9H19N. The number of allylic oxidation sites excluding steroid dienone is 1. The molecule has 0 aliphatic heterocycles. The maximum atomic E-state index is 3.22. The Kier molecular flexibility index (Phi) is 6.35. The highest BCUT2D eigenvalue weighted by molar-refractivity contribution is 4.99. The van der Waals surface area contributed by atoms with Crippen molar-refractivity contribution in [1.82, 2.24) is 5.32 Å². The first-order valence-corrected chi connectivity index (χ1v) is 4.26. The molecule has 1 nitrogen and oxygen atoms in total. The van der Waals surface area contributed by atoms with E-state index in [1.807, 2.05) is 0 Å². The maximum Gasteiger partial charge on any atom is 0.0113 e. The SMILES string of the molecule is CCC/C(=C\NCC)CC. The highest BCUT2D eigenvalue weighted by atomic mass is 14.8. The van der Waals surface area contributed by atoms with Gasteiger partial charge in [0.1, 0.15) is 0 Å². The van der Waals surface area contributed by atoms with E-state index in [-0.39, 0.29) is 0 Å². The standard InChI is InChI=1S/C9H19N/c1-4-7-9(5-2)8-10-6-3/h8,10H,4-7H2,1-3H3/b9-8-. The van der Waals surface area contributed by atoms with Crippen LogP contribution in [0.2, 0.25) is 0 Å². The van der Waals surface area contributed by atoms with Gasteiger partial charge in [-0.05, 0) is 26.0 Å². The molecule has 0 atom stereocenters. The molecule has 0 radical (unpaired) electrons. The lowest BCUT2D eigenvalue weighted by molar-refractivity contribution is 0.819. The first-order valence-electron chi connectivity index (χ1n) is 4.26. The predicted molar refractivity (Wildman–Crippen MR) is 47.0 cm³/mol. The normalized spacial score (nSPS) is 11.7. The van der Waals surface area contributed by atoms with Crippen LogP contribution in [0.4, 0.5) is 0 Å². The first-order chi connectivity index (χ1) is 4.85. The summed E-state index contributed by atoms with van der Waals surface area (Å²) in [5, 5.41) is 3.22. The zero-order valence-corrected chi connectivity index (χ0v) is 7.41. The molecule has 0 rings (SSSR count). The molecular weight excluding hydrogens is 122 g/mol. The highest BCUT2D eigenvalue weighted by Crippen LogP contribution is 2.06. The summed E-state index contributed by atoms with van der Waals surface area (Å²) >= 11 is 0. The molecule has 0 aromatic carbocycles. The van der Waals surface area contributed by atoms with E-state index in [0.717, 1.165) is 6.54 Å². The Bertz CT molecular complexity index is 94.9. The minimum atomic E-state index is 1.03. The third-order valence-corrected chi connectivity index (χ3v) is 1.54. The Morgan fingerprint density at radius 2 is 2.00 bits per heavy atom. The van der Waals surface area contributed by atoms with Gasteiger partial charge in [0.2, 0.25) is 0 Å². The van der Waals surface area contributed by atoms with Crippen molar-refractivity contribution in [3.63, 3.8) is 0 Å². The summed E-state index contributed by atoms with van der Waals surface area (Å²) in [5.74, 6) is 0. The van der Waals surface area contributed by atoms with Crippen LogP contribution in [0.15, 0.2) is 11.8 Å². The van der Waals surface area contributed by atoms with Crippen molar-refractivity contribution in [3.8, 4) is 0 Å². The van der Waals surface area contributed by atoms with Gasteiger partial charge in [0.05, 0.1) is 0 Å². The van der Waals surface area contributed by atoms with Gasteiger partial charge >= 0.3 is 0 Å². The summed E-state index contributed by atoms with van der Waals surface area (Å²) in [6.07, 6.45) is 5.83. The molecule has 60 valence electrons. The third-order valence-electron chi connectivity index (χ3n) is 1.54. The second kappa shape index (κ2) is 6.66. The fraction of sp³-hybridized carbons (Fsp3) is 0.778. The molecule has 0 aromatic heterocycles. The summed E-state index contributed by atoms with van der Waals surface area (Å²) < 4.78 is 0. The van der Waals surface area contributed by atoms with Gasteiger partial charge < -0.3 is 5.32 Å². The van der Waals surface area contributed by atoms with Crippen LogP contribution in [0.3, 0.4) is 0 Å². The van der Waals surface area contributed by atoms with Gasteiger partial charge in [0.15, 0.2) is 0 Å².